The number of hydrogen-bond acceptors (Lipinski definition) is 5. The predicted octanol–water partition coefficient (Wildman–Crippen LogP) is 2.93. The molecule has 3 aromatic rings. The molecule has 0 aliphatic heterocycles. The van der Waals surface area contributed by atoms with E-state index in [1.807, 2.05) is 6.07 Å². The van der Waals surface area contributed by atoms with E-state index >= 15 is 0 Å². The van der Waals surface area contributed by atoms with Crippen LogP contribution in [0.1, 0.15) is 5.82 Å². The fraction of sp³-hybridized carbons (Fsp3) is 0.100. The first-order valence-corrected chi connectivity index (χ1v) is 5.78. The Balaban J connectivity index is 0.00000108. The van der Waals surface area contributed by atoms with Crippen molar-refractivity contribution >= 4 is 52.0 Å². The molecule has 0 unspecified atom stereocenters. The minimum atomic E-state index is 0. The second-order valence-electron chi connectivity index (χ2n) is 3.26. The molecule has 0 aliphatic rings. The minimum absolute atomic E-state index is 0. The van der Waals surface area contributed by atoms with Crippen molar-refractivity contribution in [3.05, 3.63) is 29.2 Å². The molecule has 7 heteroatoms. The summed E-state index contributed by atoms with van der Waals surface area (Å²) >= 11 is 7.57. The topological polar surface area (TPSA) is 51.8 Å². The van der Waals surface area contributed by atoms with Crippen LogP contribution >= 0.6 is 22.9 Å². The first kappa shape index (κ1) is 12.6. The van der Waals surface area contributed by atoms with Gasteiger partial charge < -0.3 is 4.52 Å². The largest absolute Gasteiger partial charge is 0.333 e. The summed E-state index contributed by atoms with van der Waals surface area (Å²) in [4.78, 5) is 9.28. The van der Waals surface area contributed by atoms with Crippen LogP contribution in [0.15, 0.2) is 22.9 Å². The van der Waals surface area contributed by atoms with Gasteiger partial charge in [-0.3, -0.25) is 4.98 Å². The number of fused-ring (bicyclic) bond motifs is 1. The molecule has 0 fully saturated rings. The van der Waals surface area contributed by atoms with Crippen molar-refractivity contribution in [1.29, 1.82) is 0 Å². The number of pyridine rings is 1. The first-order chi connectivity index (χ1) is 7.74. The summed E-state index contributed by atoms with van der Waals surface area (Å²) in [6, 6.07) is 3.67. The molecule has 0 aromatic carbocycles. The molecular weight excluding hydrogens is 253 g/mol. The molecule has 0 spiro atoms. The molecule has 4 nitrogen and oxygen atoms in total. The molecule has 0 aliphatic carbocycles. The van der Waals surface area contributed by atoms with Gasteiger partial charge in [-0.05, 0) is 19.1 Å². The van der Waals surface area contributed by atoms with Gasteiger partial charge in [0.1, 0.15) is 0 Å². The van der Waals surface area contributed by atoms with Gasteiger partial charge in [0, 0.05) is 25.1 Å². The van der Waals surface area contributed by atoms with Crippen molar-refractivity contribution in [2.45, 2.75) is 6.92 Å². The Morgan fingerprint density at radius 3 is 2.88 bits per heavy atom. The number of aromatic nitrogens is 3. The predicted molar refractivity (Wildman–Crippen MR) is 68.4 cm³/mol. The van der Waals surface area contributed by atoms with Gasteiger partial charge in [-0.25, -0.2) is 0 Å². The van der Waals surface area contributed by atoms with Crippen molar-refractivity contribution in [2.24, 2.45) is 0 Å². The third kappa shape index (κ3) is 2.24. The molecule has 81 valence electrons. The van der Waals surface area contributed by atoms with E-state index < -0.39 is 0 Å². The maximum atomic E-state index is 6.07. The molecule has 0 N–H and O–H groups in total. The van der Waals surface area contributed by atoms with Crippen LogP contribution in [-0.4, -0.2) is 34.0 Å². The van der Waals surface area contributed by atoms with E-state index in [0.29, 0.717) is 16.7 Å². The van der Waals surface area contributed by atoms with E-state index in [4.69, 9.17) is 16.1 Å². The molecule has 0 saturated carbocycles. The number of rotatable bonds is 1. The molecule has 0 atom stereocenters. The molecule has 3 aromatic heterocycles. The Morgan fingerprint density at radius 2 is 2.24 bits per heavy atom. The Labute approximate surface area is 118 Å². The summed E-state index contributed by atoms with van der Waals surface area (Å²) in [5, 5.41) is 4.44. The summed E-state index contributed by atoms with van der Waals surface area (Å²) < 4.78 is 6.04. The van der Waals surface area contributed by atoms with Crippen molar-refractivity contribution in [2.75, 3.05) is 0 Å². The number of nitrogens with zero attached hydrogens (tertiary/aromatic N) is 3. The summed E-state index contributed by atoms with van der Waals surface area (Å²) in [7, 11) is 0. The number of aryl methyl sites for hydroxylation is 1. The summed E-state index contributed by atoms with van der Waals surface area (Å²) in [6.07, 6.45) is 1.68. The van der Waals surface area contributed by atoms with Crippen LogP contribution in [0.3, 0.4) is 0 Å². The minimum Gasteiger partial charge on any atom is -0.333 e. The summed E-state index contributed by atoms with van der Waals surface area (Å²) in [5.74, 6) is 1.13. The van der Waals surface area contributed by atoms with E-state index in [0.717, 1.165) is 15.1 Å². The summed E-state index contributed by atoms with van der Waals surface area (Å²) in [5.41, 5.74) is 0.850. The van der Waals surface area contributed by atoms with Crippen molar-refractivity contribution in [3.63, 3.8) is 0 Å². The SMILES string of the molecule is Cc1noc(-c2cc3nccc(Cl)c3s2)n1.[Li]. The zero-order valence-corrected chi connectivity index (χ0v) is 10.8. The van der Waals surface area contributed by atoms with Crippen LogP contribution in [0.2, 0.25) is 5.02 Å². The molecule has 0 bridgehead atoms. The van der Waals surface area contributed by atoms with E-state index in [2.05, 4.69) is 15.1 Å². The second-order valence-corrected chi connectivity index (χ2v) is 4.72. The zero-order valence-electron chi connectivity index (χ0n) is 9.27. The maximum Gasteiger partial charge on any atom is 0.268 e. The second kappa shape index (κ2) is 4.79. The van der Waals surface area contributed by atoms with Crippen molar-refractivity contribution in [1.82, 2.24) is 15.1 Å². The van der Waals surface area contributed by atoms with Gasteiger partial charge in [0.15, 0.2) is 5.82 Å². The number of hydrogen-bond donors (Lipinski definition) is 0. The van der Waals surface area contributed by atoms with Crippen molar-refractivity contribution in [3.8, 4) is 10.8 Å². The quantitative estimate of drug-likeness (QED) is 0.630. The average Bonchev–Trinajstić information content (AvgIpc) is 2.84. The molecule has 3 heterocycles. The van der Waals surface area contributed by atoms with Crippen LogP contribution in [0.4, 0.5) is 0 Å². The Hall–Kier alpha value is -0.863. The van der Waals surface area contributed by atoms with Gasteiger partial charge in [0.25, 0.3) is 5.89 Å². The fourth-order valence-electron chi connectivity index (χ4n) is 1.41. The van der Waals surface area contributed by atoms with E-state index in [1.165, 1.54) is 11.3 Å². The third-order valence-corrected chi connectivity index (χ3v) is 3.67. The van der Waals surface area contributed by atoms with Crippen LogP contribution in [0.25, 0.3) is 21.0 Å². The molecule has 17 heavy (non-hydrogen) atoms. The molecule has 3 rings (SSSR count). The maximum absolute atomic E-state index is 6.07. The van der Waals surface area contributed by atoms with Crippen LogP contribution in [0, 0.1) is 6.92 Å². The van der Waals surface area contributed by atoms with Gasteiger partial charge in [-0.2, -0.15) is 4.98 Å². The van der Waals surface area contributed by atoms with Gasteiger partial charge in [0.05, 0.1) is 20.1 Å². The van der Waals surface area contributed by atoms with Gasteiger partial charge in [0.2, 0.25) is 0 Å². The Bertz CT molecular complexity index is 666. The zero-order chi connectivity index (χ0) is 11.1. The standard InChI is InChI=1S/C10H6ClN3OS.Li/c1-5-13-10(15-14-5)8-4-7-9(16-8)6(11)2-3-12-7;/h2-4H,1H3;. The monoisotopic (exact) mass is 258 g/mol. The number of thiophene rings is 1. The average molecular weight is 259 g/mol. The Morgan fingerprint density at radius 1 is 1.41 bits per heavy atom. The van der Waals surface area contributed by atoms with Gasteiger partial charge in [-0.15, -0.1) is 11.3 Å². The van der Waals surface area contributed by atoms with Gasteiger partial charge >= 0.3 is 0 Å². The molecule has 1 radical (unpaired) electrons. The van der Waals surface area contributed by atoms with Gasteiger partial charge in [-0.1, -0.05) is 16.8 Å². The molecular formula is C10H6ClLiN3OS. The smallest absolute Gasteiger partial charge is 0.268 e. The van der Waals surface area contributed by atoms with Crippen LogP contribution < -0.4 is 0 Å². The number of halogens is 1. The molecule has 0 amide bonds. The Kier molecular flexibility index (Phi) is 3.55. The van der Waals surface area contributed by atoms with E-state index in [1.54, 1.807) is 19.2 Å². The fourth-order valence-corrected chi connectivity index (χ4v) is 2.62. The normalized spacial score (nSPS) is 10.5. The molecule has 0 saturated heterocycles. The van der Waals surface area contributed by atoms with E-state index in [-0.39, 0.29) is 18.9 Å². The third-order valence-electron chi connectivity index (χ3n) is 2.10. The summed E-state index contributed by atoms with van der Waals surface area (Å²) in [6.45, 7) is 1.78. The van der Waals surface area contributed by atoms with Crippen LogP contribution in [0.5, 0.6) is 0 Å². The van der Waals surface area contributed by atoms with Crippen molar-refractivity contribution < 1.29 is 4.52 Å². The van der Waals surface area contributed by atoms with E-state index in [9.17, 15) is 0 Å². The van der Waals surface area contributed by atoms with Crippen LogP contribution in [-0.2, 0) is 0 Å². The first-order valence-electron chi connectivity index (χ1n) is 4.59.